The number of rotatable bonds is 2. The minimum atomic E-state index is -0.399. The molecule has 0 spiro atoms. The summed E-state index contributed by atoms with van der Waals surface area (Å²) in [4.78, 5) is 20.0. The summed E-state index contributed by atoms with van der Waals surface area (Å²) in [7, 11) is 0. The van der Waals surface area contributed by atoms with E-state index in [2.05, 4.69) is 26.2 Å². The van der Waals surface area contributed by atoms with Crippen molar-refractivity contribution in [1.29, 1.82) is 0 Å². The summed E-state index contributed by atoms with van der Waals surface area (Å²) in [5.41, 5.74) is 9.53. The number of aromatic nitrogens is 4. The molecule has 142 valence electrons. The van der Waals surface area contributed by atoms with E-state index in [0.29, 0.717) is 33.5 Å². The van der Waals surface area contributed by atoms with Crippen LogP contribution in [0.1, 0.15) is 24.3 Å². The molecule has 3 heterocycles. The maximum Gasteiger partial charge on any atom is 0.272 e. The first kappa shape index (κ1) is 16.2. The van der Waals surface area contributed by atoms with E-state index in [1.807, 2.05) is 12.3 Å². The van der Waals surface area contributed by atoms with E-state index in [1.54, 1.807) is 18.5 Å². The predicted octanol–water partition coefficient (Wildman–Crippen LogP) is 4.22. The Bertz CT molecular complexity index is 1510. The van der Waals surface area contributed by atoms with Crippen LogP contribution in [0.25, 0.3) is 43.7 Å². The van der Waals surface area contributed by atoms with E-state index in [4.69, 9.17) is 5.73 Å². The van der Waals surface area contributed by atoms with Gasteiger partial charge in [-0.2, -0.15) is 5.10 Å². The molecular formula is C22H16FN5O. The van der Waals surface area contributed by atoms with Crippen LogP contribution in [-0.4, -0.2) is 20.2 Å². The second-order valence-corrected chi connectivity index (χ2v) is 7.58. The Morgan fingerprint density at radius 3 is 2.72 bits per heavy atom. The van der Waals surface area contributed by atoms with E-state index >= 15 is 0 Å². The number of benzene rings is 2. The number of H-pyrrole nitrogens is 2. The van der Waals surface area contributed by atoms with Crippen LogP contribution in [0, 0.1) is 5.82 Å². The highest BCUT2D eigenvalue weighted by Gasteiger charge is 2.27. The summed E-state index contributed by atoms with van der Waals surface area (Å²) in [5, 5.41) is 10.1. The van der Waals surface area contributed by atoms with Gasteiger partial charge in [-0.15, -0.1) is 0 Å². The summed E-state index contributed by atoms with van der Waals surface area (Å²) in [6.45, 7) is 0. The third kappa shape index (κ3) is 2.24. The number of nitrogen functional groups attached to an aromatic ring is 1. The quantitative estimate of drug-likeness (QED) is 0.396. The van der Waals surface area contributed by atoms with Crippen LogP contribution in [0.5, 0.6) is 0 Å². The molecule has 4 N–H and O–H groups in total. The van der Waals surface area contributed by atoms with E-state index in [1.165, 1.54) is 11.6 Å². The topological polar surface area (TPSA) is 100 Å². The normalized spacial score (nSPS) is 14.2. The Balaban J connectivity index is 1.83. The van der Waals surface area contributed by atoms with Crippen molar-refractivity contribution < 1.29 is 4.39 Å². The molecule has 6 nitrogen and oxygen atoms in total. The van der Waals surface area contributed by atoms with Crippen LogP contribution in [0.15, 0.2) is 47.7 Å². The largest absolute Gasteiger partial charge is 0.394 e. The molecule has 29 heavy (non-hydrogen) atoms. The number of nitrogens with zero attached hydrogens (tertiary/aromatic N) is 2. The lowest BCUT2D eigenvalue weighted by Gasteiger charge is -2.15. The molecule has 7 heteroatoms. The van der Waals surface area contributed by atoms with Crippen molar-refractivity contribution in [3.8, 4) is 11.1 Å². The minimum Gasteiger partial charge on any atom is -0.394 e. The van der Waals surface area contributed by atoms with Crippen LogP contribution < -0.4 is 11.3 Å². The number of anilines is 1. The fourth-order valence-electron chi connectivity index (χ4n) is 4.31. The summed E-state index contributed by atoms with van der Waals surface area (Å²) in [6, 6.07) is 7.05. The summed E-state index contributed by atoms with van der Waals surface area (Å²) < 4.78 is 14.2. The molecule has 1 fully saturated rings. The van der Waals surface area contributed by atoms with Gasteiger partial charge >= 0.3 is 0 Å². The predicted molar refractivity (Wildman–Crippen MR) is 111 cm³/mol. The molecule has 0 amide bonds. The van der Waals surface area contributed by atoms with Gasteiger partial charge in [-0.1, -0.05) is 6.07 Å². The van der Waals surface area contributed by atoms with Crippen LogP contribution in [0.4, 0.5) is 10.1 Å². The first-order chi connectivity index (χ1) is 14.1. The number of nitrogens with two attached hydrogens (primary N) is 1. The van der Waals surface area contributed by atoms with Gasteiger partial charge in [0.2, 0.25) is 0 Å². The molecular weight excluding hydrogens is 369 g/mol. The minimum absolute atomic E-state index is 0.113. The molecule has 1 aliphatic rings. The summed E-state index contributed by atoms with van der Waals surface area (Å²) in [5.74, 6) is 0.0819. The zero-order valence-electron chi connectivity index (χ0n) is 15.3. The second-order valence-electron chi connectivity index (χ2n) is 7.58. The molecule has 0 radical (unpaired) electrons. The molecule has 0 bridgehead atoms. The second kappa shape index (κ2) is 5.64. The lowest BCUT2D eigenvalue weighted by molar-refractivity contribution is 0.636. The summed E-state index contributed by atoms with van der Waals surface area (Å²) in [6.07, 6.45) is 7.40. The number of halogens is 1. The van der Waals surface area contributed by atoms with Crippen LogP contribution >= 0.6 is 0 Å². The number of pyridine rings is 2. The highest BCUT2D eigenvalue weighted by Crippen LogP contribution is 2.46. The Morgan fingerprint density at radius 2 is 1.90 bits per heavy atom. The Hall–Kier alpha value is -3.74. The van der Waals surface area contributed by atoms with Crippen molar-refractivity contribution in [3.05, 3.63) is 64.6 Å². The van der Waals surface area contributed by atoms with Gasteiger partial charge in [0.25, 0.3) is 5.56 Å². The zero-order chi connectivity index (χ0) is 19.7. The molecule has 2 aromatic carbocycles. The monoisotopic (exact) mass is 385 g/mol. The molecule has 1 saturated carbocycles. The molecule has 0 unspecified atom stereocenters. The summed E-state index contributed by atoms with van der Waals surface area (Å²) >= 11 is 0. The lowest BCUT2D eigenvalue weighted by Crippen LogP contribution is -2.14. The van der Waals surface area contributed by atoms with Crippen LogP contribution in [-0.2, 0) is 0 Å². The average Bonchev–Trinajstić information content (AvgIpc) is 3.45. The van der Waals surface area contributed by atoms with Crippen molar-refractivity contribution >= 4 is 38.3 Å². The number of aromatic amines is 2. The third-order valence-electron chi connectivity index (χ3n) is 5.84. The maximum absolute atomic E-state index is 14.2. The zero-order valence-corrected chi connectivity index (χ0v) is 15.3. The first-order valence-electron chi connectivity index (χ1n) is 9.47. The standard InChI is InChI=1S/C22H16FN5O/c23-17-4-3-11(16-9-26-28-21(16)17)18-14-7-13(10-1-2-10)15-8-25-6-5-12(15)20(14)27-22(29)19(18)24/h3-10H,1-2,24H2,(H,26,28)(H,27,29). The smallest absolute Gasteiger partial charge is 0.272 e. The molecule has 1 aliphatic carbocycles. The molecule has 6 rings (SSSR count). The lowest BCUT2D eigenvalue weighted by atomic mass is 9.92. The van der Waals surface area contributed by atoms with Crippen molar-refractivity contribution in [1.82, 2.24) is 20.2 Å². The SMILES string of the molecule is Nc1c(-c2ccc(F)c3[nH]ncc23)c2cc(C3CC3)c3cnccc3c2[nH]c1=O. The van der Waals surface area contributed by atoms with Crippen LogP contribution in [0.2, 0.25) is 0 Å². The van der Waals surface area contributed by atoms with Gasteiger partial charge in [-0.25, -0.2) is 4.39 Å². The van der Waals surface area contributed by atoms with Gasteiger partial charge in [0, 0.05) is 39.5 Å². The number of hydrogen-bond donors (Lipinski definition) is 3. The van der Waals surface area contributed by atoms with E-state index < -0.39 is 5.82 Å². The molecule has 3 aromatic heterocycles. The van der Waals surface area contributed by atoms with Gasteiger partial charge in [0.15, 0.2) is 0 Å². The van der Waals surface area contributed by atoms with E-state index in [0.717, 1.165) is 29.0 Å². The van der Waals surface area contributed by atoms with E-state index in [9.17, 15) is 9.18 Å². The van der Waals surface area contributed by atoms with Gasteiger partial charge in [-0.3, -0.25) is 14.9 Å². The molecule has 5 aromatic rings. The van der Waals surface area contributed by atoms with E-state index in [-0.39, 0.29) is 11.2 Å². The highest BCUT2D eigenvalue weighted by atomic mass is 19.1. The van der Waals surface area contributed by atoms with Crippen LogP contribution in [0.3, 0.4) is 0 Å². The van der Waals surface area contributed by atoms with Gasteiger partial charge in [0.05, 0.1) is 11.7 Å². The van der Waals surface area contributed by atoms with Crippen molar-refractivity contribution in [2.75, 3.05) is 5.73 Å². The molecule has 0 aliphatic heterocycles. The number of fused-ring (bicyclic) bond motifs is 4. The maximum atomic E-state index is 14.2. The fraction of sp³-hybridized carbons (Fsp3) is 0.136. The van der Waals surface area contributed by atoms with Crippen molar-refractivity contribution in [3.63, 3.8) is 0 Å². The van der Waals surface area contributed by atoms with Gasteiger partial charge in [0.1, 0.15) is 17.0 Å². The van der Waals surface area contributed by atoms with Crippen molar-refractivity contribution in [2.45, 2.75) is 18.8 Å². The third-order valence-corrected chi connectivity index (χ3v) is 5.84. The molecule has 0 saturated heterocycles. The number of hydrogen-bond acceptors (Lipinski definition) is 4. The first-order valence-corrected chi connectivity index (χ1v) is 9.47. The van der Waals surface area contributed by atoms with Crippen molar-refractivity contribution in [2.24, 2.45) is 0 Å². The highest BCUT2D eigenvalue weighted by molar-refractivity contribution is 6.15. The Morgan fingerprint density at radius 1 is 1.03 bits per heavy atom. The molecule has 0 atom stereocenters. The Labute approximate surface area is 163 Å². The number of nitrogens with one attached hydrogen (secondary N) is 2. The van der Waals surface area contributed by atoms with Gasteiger partial charge in [-0.05, 0) is 48.1 Å². The average molecular weight is 385 g/mol. The Kier molecular flexibility index (Phi) is 3.16. The van der Waals surface area contributed by atoms with Gasteiger partial charge < -0.3 is 10.7 Å². The fourth-order valence-corrected chi connectivity index (χ4v) is 4.31.